The van der Waals surface area contributed by atoms with E-state index in [0.717, 1.165) is 31.2 Å². The number of aliphatic imine (C=N–C) groups is 1. The van der Waals surface area contributed by atoms with Crippen LogP contribution in [-0.2, 0) is 10.0 Å². The summed E-state index contributed by atoms with van der Waals surface area (Å²) in [5.74, 6) is 2.23. The normalized spacial score (nSPS) is 17.7. The molecule has 0 spiro atoms. The lowest BCUT2D eigenvalue weighted by Gasteiger charge is -2.22. The molecule has 1 aromatic carbocycles. The van der Waals surface area contributed by atoms with E-state index in [-0.39, 0.29) is 24.0 Å². The lowest BCUT2D eigenvalue weighted by atomic mass is 9.98. The van der Waals surface area contributed by atoms with Crippen molar-refractivity contribution in [1.82, 2.24) is 14.9 Å². The van der Waals surface area contributed by atoms with Gasteiger partial charge < -0.3 is 15.0 Å². The lowest BCUT2D eigenvalue weighted by molar-refractivity contribution is 0.414. The van der Waals surface area contributed by atoms with Gasteiger partial charge in [-0.25, -0.2) is 13.1 Å². The summed E-state index contributed by atoms with van der Waals surface area (Å²) < 4.78 is 29.8. The molecule has 0 bridgehead atoms. The molecular weight excluding hydrogens is 467 g/mol. The molecule has 1 aromatic rings. The van der Waals surface area contributed by atoms with Crippen molar-refractivity contribution in [3.8, 4) is 5.75 Å². The molecule has 0 aromatic heterocycles. The smallest absolute Gasteiger partial charge is 0.208 e. The van der Waals surface area contributed by atoms with E-state index in [1.54, 1.807) is 14.2 Å². The van der Waals surface area contributed by atoms with Crippen molar-refractivity contribution in [2.75, 3.05) is 46.6 Å². The van der Waals surface area contributed by atoms with Crippen molar-refractivity contribution >= 4 is 40.0 Å². The van der Waals surface area contributed by atoms with Crippen molar-refractivity contribution in [1.29, 1.82) is 0 Å². The van der Waals surface area contributed by atoms with Crippen LogP contribution < -0.4 is 14.8 Å². The van der Waals surface area contributed by atoms with Gasteiger partial charge in [0.15, 0.2) is 5.96 Å². The molecule has 1 saturated heterocycles. The average molecular weight is 496 g/mol. The number of sulfonamides is 1. The van der Waals surface area contributed by atoms with Gasteiger partial charge in [0.2, 0.25) is 10.0 Å². The summed E-state index contributed by atoms with van der Waals surface area (Å²) in [5, 5.41) is 3.31. The Balaban J connectivity index is 0.00000338. The molecule has 1 unspecified atom stereocenters. The minimum atomic E-state index is -3.12. The number of guanidine groups is 1. The Bertz CT molecular complexity index is 680. The quantitative estimate of drug-likeness (QED) is 0.260. The third kappa shape index (κ3) is 7.28. The zero-order valence-electron chi connectivity index (χ0n) is 15.6. The Morgan fingerprint density at radius 2 is 2.00 bits per heavy atom. The van der Waals surface area contributed by atoms with Crippen molar-refractivity contribution in [3.05, 3.63) is 29.8 Å². The van der Waals surface area contributed by atoms with Gasteiger partial charge in [-0.05, 0) is 30.5 Å². The van der Waals surface area contributed by atoms with Crippen LogP contribution in [0.4, 0.5) is 0 Å². The van der Waals surface area contributed by atoms with Crippen molar-refractivity contribution in [2.45, 2.75) is 18.8 Å². The van der Waals surface area contributed by atoms with Crippen molar-refractivity contribution in [3.63, 3.8) is 0 Å². The van der Waals surface area contributed by atoms with Crippen LogP contribution in [0.3, 0.4) is 0 Å². The minimum absolute atomic E-state index is 0. The lowest BCUT2D eigenvalue weighted by Crippen LogP contribution is -2.41. The summed E-state index contributed by atoms with van der Waals surface area (Å²) in [5.41, 5.74) is 1.32. The monoisotopic (exact) mass is 496 g/mol. The third-order valence-corrected chi connectivity index (χ3v) is 5.02. The van der Waals surface area contributed by atoms with Crippen LogP contribution >= 0.6 is 24.0 Å². The highest BCUT2D eigenvalue weighted by Crippen LogP contribution is 2.28. The molecule has 0 saturated carbocycles. The topological polar surface area (TPSA) is 83.0 Å². The second kappa shape index (κ2) is 10.9. The van der Waals surface area contributed by atoms with Gasteiger partial charge in [-0.2, -0.15) is 0 Å². The number of benzene rings is 1. The van der Waals surface area contributed by atoms with Gasteiger partial charge in [-0.15, -0.1) is 24.0 Å². The maximum atomic E-state index is 11.0. The molecular formula is C17H29IN4O3S. The molecule has 0 aliphatic carbocycles. The van der Waals surface area contributed by atoms with E-state index in [4.69, 9.17) is 4.74 Å². The third-order valence-electron chi connectivity index (χ3n) is 4.29. The number of hydrogen-bond acceptors (Lipinski definition) is 4. The van der Waals surface area contributed by atoms with Crippen LogP contribution in [0.5, 0.6) is 5.75 Å². The van der Waals surface area contributed by atoms with Gasteiger partial charge in [0.1, 0.15) is 5.75 Å². The van der Waals surface area contributed by atoms with Crippen molar-refractivity contribution in [2.24, 2.45) is 4.99 Å². The first-order chi connectivity index (χ1) is 11.9. The molecule has 1 fully saturated rings. The van der Waals surface area contributed by atoms with E-state index in [1.165, 1.54) is 11.8 Å². The van der Waals surface area contributed by atoms with Gasteiger partial charge >= 0.3 is 0 Å². The van der Waals surface area contributed by atoms with Crippen LogP contribution in [0.2, 0.25) is 0 Å². The van der Waals surface area contributed by atoms with E-state index in [9.17, 15) is 8.42 Å². The Labute approximate surface area is 173 Å². The van der Waals surface area contributed by atoms with E-state index >= 15 is 0 Å². The Hall–Kier alpha value is -1.07. The molecule has 2 N–H and O–H groups in total. The highest BCUT2D eigenvalue weighted by Gasteiger charge is 2.25. The Morgan fingerprint density at radius 3 is 2.58 bits per heavy atom. The van der Waals surface area contributed by atoms with Gasteiger partial charge in [-0.3, -0.25) is 4.99 Å². The number of halogens is 1. The second-order valence-corrected chi connectivity index (χ2v) is 8.03. The maximum Gasteiger partial charge on any atom is 0.208 e. The average Bonchev–Trinajstić information content (AvgIpc) is 3.07. The first-order valence-electron chi connectivity index (χ1n) is 8.47. The molecule has 1 aliphatic heterocycles. The molecule has 148 valence electrons. The Morgan fingerprint density at radius 1 is 1.31 bits per heavy atom. The number of hydrogen-bond donors (Lipinski definition) is 2. The highest BCUT2D eigenvalue weighted by molar-refractivity contribution is 14.0. The molecule has 9 heteroatoms. The van der Waals surface area contributed by atoms with Crippen LogP contribution in [0.1, 0.15) is 24.3 Å². The molecule has 2 rings (SSSR count). The largest absolute Gasteiger partial charge is 0.497 e. The van der Waals surface area contributed by atoms with Crippen LogP contribution in [0, 0.1) is 0 Å². The highest BCUT2D eigenvalue weighted by atomic mass is 127. The number of nitrogens with one attached hydrogen (secondary N) is 2. The number of likely N-dealkylation sites (tertiary alicyclic amines) is 1. The summed E-state index contributed by atoms with van der Waals surface area (Å²) in [6.07, 6.45) is 2.97. The standard InChI is InChI=1S/C17H28N4O3S.HI/c1-18-17(19-10-4-11-20-25(3,22)23)21-12-9-15(13-21)14-5-7-16(24-2)8-6-14;/h5-8,15,20H,4,9-13H2,1-3H3,(H,18,19);1H. The molecule has 1 heterocycles. The van der Waals surface area contributed by atoms with Crippen LogP contribution in [-0.4, -0.2) is 65.9 Å². The molecule has 0 amide bonds. The minimum Gasteiger partial charge on any atom is -0.497 e. The summed E-state index contributed by atoms with van der Waals surface area (Å²) in [6, 6.07) is 8.25. The van der Waals surface area contributed by atoms with E-state index < -0.39 is 10.0 Å². The summed E-state index contributed by atoms with van der Waals surface area (Å²) in [4.78, 5) is 6.59. The molecule has 26 heavy (non-hydrogen) atoms. The van der Waals surface area contributed by atoms with E-state index in [1.807, 2.05) is 12.1 Å². The zero-order valence-corrected chi connectivity index (χ0v) is 18.7. The van der Waals surface area contributed by atoms with Gasteiger partial charge in [0.25, 0.3) is 0 Å². The molecule has 7 nitrogen and oxygen atoms in total. The summed E-state index contributed by atoms with van der Waals surface area (Å²) >= 11 is 0. The van der Waals surface area contributed by atoms with Gasteiger partial charge in [0.05, 0.1) is 13.4 Å². The SMILES string of the molecule is CN=C(NCCCNS(C)(=O)=O)N1CCC(c2ccc(OC)cc2)C1.I. The fourth-order valence-corrected chi connectivity index (χ4v) is 3.49. The van der Waals surface area contributed by atoms with Gasteiger partial charge in [0, 0.05) is 39.1 Å². The van der Waals surface area contributed by atoms with E-state index in [0.29, 0.717) is 25.4 Å². The summed E-state index contributed by atoms with van der Waals surface area (Å²) in [6.45, 7) is 2.99. The second-order valence-electron chi connectivity index (χ2n) is 6.20. The molecule has 0 radical (unpaired) electrons. The van der Waals surface area contributed by atoms with Gasteiger partial charge in [-0.1, -0.05) is 12.1 Å². The first kappa shape index (κ1) is 23.0. The van der Waals surface area contributed by atoms with Crippen LogP contribution in [0.25, 0.3) is 0 Å². The predicted molar refractivity (Wildman–Crippen MR) is 116 cm³/mol. The number of rotatable bonds is 7. The number of methoxy groups -OCH3 is 1. The molecule has 1 aliphatic rings. The summed E-state index contributed by atoms with van der Waals surface area (Å²) in [7, 11) is 0.333. The zero-order chi connectivity index (χ0) is 18.3. The fourth-order valence-electron chi connectivity index (χ4n) is 2.98. The van der Waals surface area contributed by atoms with Crippen molar-refractivity contribution < 1.29 is 13.2 Å². The van der Waals surface area contributed by atoms with Crippen LogP contribution in [0.15, 0.2) is 29.3 Å². The predicted octanol–water partition coefficient (Wildman–Crippen LogP) is 1.62. The first-order valence-corrected chi connectivity index (χ1v) is 10.4. The fraction of sp³-hybridized carbons (Fsp3) is 0.588. The maximum absolute atomic E-state index is 11.0. The number of ether oxygens (including phenoxy) is 1. The number of nitrogens with zero attached hydrogens (tertiary/aromatic N) is 2. The van der Waals surface area contributed by atoms with E-state index in [2.05, 4.69) is 32.1 Å². The molecule has 1 atom stereocenters. The Kier molecular flexibility index (Phi) is 9.66.